The van der Waals surface area contributed by atoms with Gasteiger partial charge in [0, 0.05) is 6.92 Å². The molecule has 2 bridgehead atoms. The molecule has 4 rings (SSSR count). The molecule has 0 amide bonds. The summed E-state index contributed by atoms with van der Waals surface area (Å²) in [4.78, 5) is 11.2. The SMILES string of the molecule is CC(=O)OC[C@@]12C=C[C@@H](O1)c1c2c(O)n(-c2cccc(C(F)(F)F)c2)c1O. The minimum atomic E-state index is -4.57. The minimum absolute atomic E-state index is 0.0590. The van der Waals surface area contributed by atoms with Crippen molar-refractivity contribution in [3.63, 3.8) is 0 Å². The summed E-state index contributed by atoms with van der Waals surface area (Å²) in [6, 6.07) is 4.23. The molecule has 142 valence electrons. The van der Waals surface area contributed by atoms with Gasteiger partial charge in [-0.05, 0) is 24.3 Å². The average Bonchev–Trinajstić information content (AvgIpc) is 3.23. The van der Waals surface area contributed by atoms with Crippen molar-refractivity contribution in [2.45, 2.75) is 24.8 Å². The molecule has 1 aromatic carbocycles. The molecule has 0 fully saturated rings. The maximum absolute atomic E-state index is 13.0. The van der Waals surface area contributed by atoms with Crippen molar-refractivity contribution in [3.05, 3.63) is 53.1 Å². The van der Waals surface area contributed by atoms with Gasteiger partial charge in [0.15, 0.2) is 5.60 Å². The van der Waals surface area contributed by atoms with Gasteiger partial charge >= 0.3 is 12.1 Å². The number of rotatable bonds is 3. The minimum Gasteiger partial charge on any atom is -0.494 e. The lowest BCUT2D eigenvalue weighted by atomic mass is 9.90. The summed E-state index contributed by atoms with van der Waals surface area (Å²) in [5, 5.41) is 21.3. The van der Waals surface area contributed by atoms with Crippen molar-refractivity contribution in [2.24, 2.45) is 0 Å². The Bertz CT molecular complexity index is 978. The number of carbonyl (C=O) groups is 1. The van der Waals surface area contributed by atoms with Crippen LogP contribution in [-0.4, -0.2) is 27.4 Å². The maximum atomic E-state index is 13.0. The lowest BCUT2D eigenvalue weighted by Gasteiger charge is -2.23. The molecule has 6 nitrogen and oxygen atoms in total. The van der Waals surface area contributed by atoms with Crippen molar-refractivity contribution in [1.29, 1.82) is 0 Å². The quantitative estimate of drug-likeness (QED) is 0.630. The molecular formula is C18H14F3NO5. The number of carbonyl (C=O) groups excluding carboxylic acids is 1. The number of benzene rings is 1. The van der Waals surface area contributed by atoms with Gasteiger partial charge in [-0.1, -0.05) is 12.1 Å². The average molecular weight is 381 g/mol. The summed E-state index contributed by atoms with van der Waals surface area (Å²) in [5.74, 6) is -1.46. The van der Waals surface area contributed by atoms with E-state index in [0.29, 0.717) is 0 Å². The van der Waals surface area contributed by atoms with Crippen LogP contribution in [0.5, 0.6) is 11.8 Å². The Labute approximate surface area is 151 Å². The molecular weight excluding hydrogens is 367 g/mol. The number of hydrogen-bond donors (Lipinski definition) is 2. The van der Waals surface area contributed by atoms with Crippen LogP contribution in [0.4, 0.5) is 13.2 Å². The number of aromatic nitrogens is 1. The highest BCUT2D eigenvalue weighted by molar-refractivity contribution is 5.67. The summed E-state index contributed by atoms with van der Waals surface area (Å²) < 4.78 is 50.7. The lowest BCUT2D eigenvalue weighted by molar-refractivity contribution is -0.149. The van der Waals surface area contributed by atoms with Gasteiger partial charge < -0.3 is 19.7 Å². The van der Waals surface area contributed by atoms with E-state index < -0.39 is 41.2 Å². The van der Waals surface area contributed by atoms with E-state index in [9.17, 15) is 28.2 Å². The first kappa shape index (κ1) is 17.5. The first-order chi connectivity index (χ1) is 12.6. The van der Waals surface area contributed by atoms with Crippen LogP contribution in [0.3, 0.4) is 0 Å². The second kappa shape index (κ2) is 5.53. The van der Waals surface area contributed by atoms with Gasteiger partial charge in [0.25, 0.3) is 0 Å². The molecule has 0 spiro atoms. The number of aromatic hydroxyl groups is 2. The predicted octanol–water partition coefficient (Wildman–Crippen LogP) is 3.31. The molecule has 3 heterocycles. The Kier molecular flexibility index (Phi) is 3.58. The smallest absolute Gasteiger partial charge is 0.416 e. The Morgan fingerprint density at radius 1 is 1.33 bits per heavy atom. The normalized spacial score (nSPS) is 22.9. The number of alkyl halides is 3. The van der Waals surface area contributed by atoms with E-state index in [0.717, 1.165) is 16.7 Å². The zero-order valence-electron chi connectivity index (χ0n) is 13.9. The van der Waals surface area contributed by atoms with Gasteiger partial charge in [0.2, 0.25) is 11.8 Å². The molecule has 0 unspecified atom stereocenters. The molecule has 0 radical (unpaired) electrons. The molecule has 9 heteroatoms. The molecule has 2 aliphatic rings. The fourth-order valence-corrected chi connectivity index (χ4v) is 3.53. The molecule has 0 saturated carbocycles. The van der Waals surface area contributed by atoms with Gasteiger partial charge in [-0.25, -0.2) is 0 Å². The number of halogens is 3. The van der Waals surface area contributed by atoms with Gasteiger partial charge in [-0.2, -0.15) is 13.2 Å². The fourth-order valence-electron chi connectivity index (χ4n) is 3.53. The predicted molar refractivity (Wildman–Crippen MR) is 85.4 cm³/mol. The molecule has 2 aromatic rings. The summed E-state index contributed by atoms with van der Waals surface area (Å²) >= 11 is 0. The van der Waals surface area contributed by atoms with Crippen molar-refractivity contribution in [3.8, 4) is 17.4 Å². The first-order valence-corrected chi connectivity index (χ1v) is 7.99. The maximum Gasteiger partial charge on any atom is 0.416 e. The van der Waals surface area contributed by atoms with Crippen LogP contribution in [0, 0.1) is 0 Å². The van der Waals surface area contributed by atoms with Gasteiger partial charge in [-0.3, -0.25) is 9.36 Å². The van der Waals surface area contributed by atoms with E-state index in [1.807, 2.05) is 0 Å². The zero-order chi connectivity index (χ0) is 19.6. The summed E-state index contributed by atoms with van der Waals surface area (Å²) in [6.45, 7) is 0.982. The monoisotopic (exact) mass is 381 g/mol. The van der Waals surface area contributed by atoms with Gasteiger partial charge in [0.05, 0.1) is 22.4 Å². The van der Waals surface area contributed by atoms with Crippen LogP contribution >= 0.6 is 0 Å². The standard InChI is InChI=1S/C18H14F3NO5/c1-9(23)26-8-17-6-5-12(27-17)13-14(17)16(25)22(15(13)24)11-4-2-3-10(7-11)18(19,20)21/h2-7,12,24-25H,8H2,1H3/t12-,17-/m1/s1. The Morgan fingerprint density at radius 2 is 2.07 bits per heavy atom. The number of hydrogen-bond acceptors (Lipinski definition) is 5. The van der Waals surface area contributed by atoms with Crippen molar-refractivity contribution >= 4 is 5.97 Å². The molecule has 2 aliphatic heterocycles. The second-order valence-corrected chi connectivity index (χ2v) is 6.39. The Hall–Kier alpha value is -2.94. The van der Waals surface area contributed by atoms with E-state index >= 15 is 0 Å². The topological polar surface area (TPSA) is 80.9 Å². The number of ether oxygens (including phenoxy) is 2. The third-order valence-corrected chi connectivity index (χ3v) is 4.66. The van der Waals surface area contributed by atoms with Crippen LogP contribution in [0.2, 0.25) is 0 Å². The van der Waals surface area contributed by atoms with Crippen molar-refractivity contribution in [2.75, 3.05) is 6.61 Å². The first-order valence-electron chi connectivity index (χ1n) is 7.99. The van der Waals surface area contributed by atoms with E-state index in [4.69, 9.17) is 9.47 Å². The molecule has 2 N–H and O–H groups in total. The Balaban J connectivity index is 1.84. The highest BCUT2D eigenvalue weighted by Crippen LogP contribution is 2.58. The summed E-state index contributed by atoms with van der Waals surface area (Å²) in [6.07, 6.45) is -2.05. The van der Waals surface area contributed by atoms with Crippen molar-refractivity contribution in [1.82, 2.24) is 4.57 Å². The Morgan fingerprint density at radius 3 is 2.74 bits per heavy atom. The highest BCUT2D eigenvalue weighted by Gasteiger charge is 2.53. The number of fused-ring (bicyclic) bond motifs is 5. The van der Waals surface area contributed by atoms with Crippen LogP contribution in [0.25, 0.3) is 5.69 Å². The molecule has 1 aromatic heterocycles. The van der Waals surface area contributed by atoms with Gasteiger partial charge in [-0.15, -0.1) is 0 Å². The second-order valence-electron chi connectivity index (χ2n) is 6.39. The third kappa shape index (κ3) is 2.49. The van der Waals surface area contributed by atoms with E-state index in [-0.39, 0.29) is 23.4 Å². The lowest BCUT2D eigenvalue weighted by Crippen LogP contribution is -2.28. The van der Waals surface area contributed by atoms with Crippen molar-refractivity contribution < 1.29 is 37.7 Å². The zero-order valence-corrected chi connectivity index (χ0v) is 13.9. The van der Waals surface area contributed by atoms with E-state index in [1.54, 1.807) is 12.2 Å². The highest BCUT2D eigenvalue weighted by atomic mass is 19.4. The molecule has 27 heavy (non-hydrogen) atoms. The van der Waals surface area contributed by atoms with Crippen LogP contribution in [0.15, 0.2) is 36.4 Å². The molecule has 0 aliphatic carbocycles. The number of esters is 1. The number of nitrogens with zero attached hydrogens (tertiary/aromatic N) is 1. The largest absolute Gasteiger partial charge is 0.494 e. The van der Waals surface area contributed by atoms with Crippen LogP contribution in [-0.2, 0) is 26.0 Å². The van der Waals surface area contributed by atoms with Crippen LogP contribution in [0.1, 0.15) is 29.7 Å². The summed E-state index contributed by atoms with van der Waals surface area (Å²) in [5.41, 5.74) is -1.86. The van der Waals surface area contributed by atoms with E-state index in [1.165, 1.54) is 19.1 Å². The van der Waals surface area contributed by atoms with Crippen LogP contribution < -0.4 is 0 Å². The summed E-state index contributed by atoms with van der Waals surface area (Å²) in [7, 11) is 0. The fraction of sp³-hybridized carbons (Fsp3) is 0.278. The van der Waals surface area contributed by atoms with E-state index in [2.05, 4.69) is 0 Å². The van der Waals surface area contributed by atoms with Gasteiger partial charge in [0.1, 0.15) is 12.7 Å². The molecule has 0 saturated heterocycles. The third-order valence-electron chi connectivity index (χ3n) is 4.66. The molecule has 2 atom stereocenters.